The summed E-state index contributed by atoms with van der Waals surface area (Å²) >= 11 is 3.51. The van der Waals surface area contributed by atoms with Crippen molar-refractivity contribution in [2.45, 2.75) is 39.3 Å². The average Bonchev–Trinajstić information content (AvgIpc) is 2.25. The lowest BCUT2D eigenvalue weighted by Gasteiger charge is -2.26. The van der Waals surface area contributed by atoms with Gasteiger partial charge in [-0.15, -0.1) is 0 Å². The number of halogens is 1. The zero-order valence-electron chi connectivity index (χ0n) is 10.2. The molecule has 0 aliphatic heterocycles. The maximum Gasteiger partial charge on any atom is 0.115 e. The molecular formula is C13H20BrNO. The van der Waals surface area contributed by atoms with E-state index in [-0.39, 0.29) is 0 Å². The van der Waals surface area contributed by atoms with Crippen LogP contribution in [0.5, 0.6) is 5.75 Å². The number of aromatic hydroxyl groups is 1. The van der Waals surface area contributed by atoms with Crippen molar-refractivity contribution >= 4 is 15.9 Å². The molecule has 3 heteroatoms. The van der Waals surface area contributed by atoms with E-state index in [0.717, 1.165) is 29.4 Å². The normalized spacial score (nSPS) is 11.4. The van der Waals surface area contributed by atoms with Gasteiger partial charge in [0.1, 0.15) is 5.75 Å². The van der Waals surface area contributed by atoms with Gasteiger partial charge in [-0.2, -0.15) is 0 Å². The minimum Gasteiger partial charge on any atom is -0.508 e. The molecule has 0 aromatic heterocycles. The van der Waals surface area contributed by atoms with Gasteiger partial charge in [0.15, 0.2) is 0 Å². The van der Waals surface area contributed by atoms with Crippen molar-refractivity contribution in [3.63, 3.8) is 0 Å². The molecule has 1 rings (SSSR count). The van der Waals surface area contributed by atoms with Crippen molar-refractivity contribution < 1.29 is 5.11 Å². The van der Waals surface area contributed by atoms with Gasteiger partial charge in [-0.05, 0) is 43.7 Å². The highest BCUT2D eigenvalue weighted by atomic mass is 79.9. The van der Waals surface area contributed by atoms with E-state index in [2.05, 4.69) is 41.7 Å². The van der Waals surface area contributed by atoms with Crippen molar-refractivity contribution in [2.75, 3.05) is 7.05 Å². The van der Waals surface area contributed by atoms with E-state index in [1.165, 1.54) is 0 Å². The standard InChI is InChI=1S/C13H20BrNO/c1-4-11(5-2)15(3)9-10-8-12(16)6-7-13(10)14/h6-8,11,16H,4-5,9H2,1-3H3. The monoisotopic (exact) mass is 285 g/mol. The van der Waals surface area contributed by atoms with Gasteiger partial charge in [0.05, 0.1) is 0 Å². The third kappa shape index (κ3) is 3.49. The lowest BCUT2D eigenvalue weighted by molar-refractivity contribution is 0.221. The molecule has 0 heterocycles. The molecule has 0 radical (unpaired) electrons. The number of hydrogen-bond donors (Lipinski definition) is 1. The molecule has 0 atom stereocenters. The highest BCUT2D eigenvalue weighted by Gasteiger charge is 2.12. The Kier molecular flexibility index (Phi) is 5.29. The predicted octanol–water partition coefficient (Wildman–Crippen LogP) is 3.78. The third-order valence-electron chi connectivity index (χ3n) is 3.01. The van der Waals surface area contributed by atoms with E-state index >= 15 is 0 Å². The van der Waals surface area contributed by atoms with Crippen LogP contribution in [-0.2, 0) is 6.54 Å². The van der Waals surface area contributed by atoms with Gasteiger partial charge in [0.2, 0.25) is 0 Å². The van der Waals surface area contributed by atoms with Crippen LogP contribution in [0, 0.1) is 0 Å². The molecule has 0 amide bonds. The number of phenols is 1. The topological polar surface area (TPSA) is 23.5 Å². The summed E-state index contributed by atoms with van der Waals surface area (Å²) in [5, 5.41) is 9.46. The van der Waals surface area contributed by atoms with E-state index in [9.17, 15) is 5.11 Å². The van der Waals surface area contributed by atoms with E-state index in [4.69, 9.17) is 0 Å². The van der Waals surface area contributed by atoms with E-state index in [1.807, 2.05) is 12.1 Å². The lowest BCUT2D eigenvalue weighted by Crippen LogP contribution is -2.30. The molecule has 0 bridgehead atoms. The molecule has 0 saturated heterocycles. The van der Waals surface area contributed by atoms with Gasteiger partial charge in [-0.1, -0.05) is 29.8 Å². The van der Waals surface area contributed by atoms with Crippen LogP contribution in [0.1, 0.15) is 32.3 Å². The summed E-state index contributed by atoms with van der Waals surface area (Å²) in [5.41, 5.74) is 1.13. The van der Waals surface area contributed by atoms with Crippen molar-refractivity contribution in [3.8, 4) is 5.75 Å². The number of hydrogen-bond acceptors (Lipinski definition) is 2. The Morgan fingerprint density at radius 3 is 2.50 bits per heavy atom. The molecule has 0 unspecified atom stereocenters. The molecule has 1 N–H and O–H groups in total. The maximum absolute atomic E-state index is 9.46. The number of phenolic OH excluding ortho intramolecular Hbond substituents is 1. The molecule has 0 aliphatic rings. The summed E-state index contributed by atoms with van der Waals surface area (Å²) in [6, 6.07) is 6.02. The zero-order chi connectivity index (χ0) is 12.1. The Labute approximate surface area is 106 Å². The first kappa shape index (κ1) is 13.5. The SMILES string of the molecule is CCC(CC)N(C)Cc1cc(O)ccc1Br. The molecule has 0 aliphatic carbocycles. The fourth-order valence-corrected chi connectivity index (χ4v) is 2.36. The molecule has 0 saturated carbocycles. The van der Waals surface area contributed by atoms with Crippen LogP contribution in [-0.4, -0.2) is 23.1 Å². The second-order valence-corrected chi connectivity index (χ2v) is 5.02. The van der Waals surface area contributed by atoms with Crippen molar-refractivity contribution in [1.82, 2.24) is 4.90 Å². The summed E-state index contributed by atoms with van der Waals surface area (Å²) < 4.78 is 1.06. The van der Waals surface area contributed by atoms with Crippen LogP contribution in [0.2, 0.25) is 0 Å². The van der Waals surface area contributed by atoms with Crippen LogP contribution >= 0.6 is 15.9 Å². The number of nitrogens with zero attached hydrogens (tertiary/aromatic N) is 1. The quantitative estimate of drug-likeness (QED) is 0.890. The summed E-state index contributed by atoms with van der Waals surface area (Å²) in [6.07, 6.45) is 2.31. The van der Waals surface area contributed by atoms with Gasteiger partial charge in [-0.25, -0.2) is 0 Å². The zero-order valence-corrected chi connectivity index (χ0v) is 11.8. The number of rotatable bonds is 5. The highest BCUT2D eigenvalue weighted by molar-refractivity contribution is 9.10. The highest BCUT2D eigenvalue weighted by Crippen LogP contribution is 2.23. The molecule has 0 spiro atoms. The fraction of sp³-hybridized carbons (Fsp3) is 0.538. The fourth-order valence-electron chi connectivity index (χ4n) is 1.99. The first-order valence-electron chi connectivity index (χ1n) is 5.76. The maximum atomic E-state index is 9.46. The Balaban J connectivity index is 2.75. The lowest BCUT2D eigenvalue weighted by atomic mass is 10.1. The van der Waals surface area contributed by atoms with Crippen molar-refractivity contribution in [3.05, 3.63) is 28.2 Å². The van der Waals surface area contributed by atoms with E-state index in [0.29, 0.717) is 11.8 Å². The smallest absolute Gasteiger partial charge is 0.115 e. The molecule has 2 nitrogen and oxygen atoms in total. The molecule has 16 heavy (non-hydrogen) atoms. The van der Waals surface area contributed by atoms with Crippen LogP contribution in [0.3, 0.4) is 0 Å². The predicted molar refractivity (Wildman–Crippen MR) is 71.6 cm³/mol. The summed E-state index contributed by atoms with van der Waals surface area (Å²) in [4.78, 5) is 2.33. The second-order valence-electron chi connectivity index (χ2n) is 4.16. The van der Waals surface area contributed by atoms with Crippen LogP contribution in [0.15, 0.2) is 22.7 Å². The Hall–Kier alpha value is -0.540. The van der Waals surface area contributed by atoms with Gasteiger partial charge in [0.25, 0.3) is 0 Å². The minimum absolute atomic E-state index is 0.330. The van der Waals surface area contributed by atoms with Gasteiger partial charge >= 0.3 is 0 Å². The number of benzene rings is 1. The first-order chi connectivity index (χ1) is 7.58. The van der Waals surface area contributed by atoms with Gasteiger partial charge in [0, 0.05) is 17.1 Å². The Morgan fingerprint density at radius 1 is 1.31 bits per heavy atom. The third-order valence-corrected chi connectivity index (χ3v) is 3.79. The van der Waals surface area contributed by atoms with E-state index < -0.39 is 0 Å². The minimum atomic E-state index is 0.330. The van der Waals surface area contributed by atoms with Gasteiger partial charge < -0.3 is 5.11 Å². The largest absolute Gasteiger partial charge is 0.508 e. The Bertz CT molecular complexity index is 337. The Morgan fingerprint density at radius 2 is 1.94 bits per heavy atom. The van der Waals surface area contributed by atoms with Crippen molar-refractivity contribution in [1.29, 1.82) is 0 Å². The van der Waals surface area contributed by atoms with Crippen LogP contribution < -0.4 is 0 Å². The summed E-state index contributed by atoms with van der Waals surface area (Å²) in [7, 11) is 2.13. The van der Waals surface area contributed by atoms with Crippen LogP contribution in [0.4, 0.5) is 0 Å². The van der Waals surface area contributed by atoms with Crippen LogP contribution in [0.25, 0.3) is 0 Å². The van der Waals surface area contributed by atoms with Crippen molar-refractivity contribution in [2.24, 2.45) is 0 Å². The summed E-state index contributed by atoms with van der Waals surface area (Å²) in [6.45, 7) is 5.28. The van der Waals surface area contributed by atoms with Gasteiger partial charge in [-0.3, -0.25) is 4.90 Å². The van der Waals surface area contributed by atoms with E-state index in [1.54, 1.807) is 6.07 Å². The molecule has 1 aromatic carbocycles. The summed E-state index contributed by atoms with van der Waals surface area (Å²) in [5.74, 6) is 0.330. The molecule has 90 valence electrons. The first-order valence-corrected chi connectivity index (χ1v) is 6.55. The molecular weight excluding hydrogens is 266 g/mol. The molecule has 1 aromatic rings. The molecule has 0 fully saturated rings. The second kappa shape index (κ2) is 6.26. The average molecular weight is 286 g/mol.